The van der Waals surface area contributed by atoms with Crippen LogP contribution in [0.2, 0.25) is 0 Å². The van der Waals surface area contributed by atoms with E-state index in [9.17, 15) is 19.1 Å². The number of carbonyl (C=O) groups excluding carboxylic acids is 1. The molecule has 4 rings (SSSR count). The number of ether oxygens (including phenoxy) is 1. The average Bonchev–Trinajstić information content (AvgIpc) is 3.32. The van der Waals surface area contributed by atoms with Crippen LogP contribution in [0.4, 0.5) is 10.3 Å². The molecule has 0 radical (unpaired) electrons. The number of hydrogen-bond donors (Lipinski definition) is 2. The van der Waals surface area contributed by atoms with Crippen molar-refractivity contribution in [2.24, 2.45) is 11.8 Å². The highest BCUT2D eigenvalue weighted by atomic mass is 19.1. The third-order valence-corrected chi connectivity index (χ3v) is 4.52. The molecule has 1 fully saturated rings. The van der Waals surface area contributed by atoms with Gasteiger partial charge in [0.1, 0.15) is 18.1 Å². The Bertz CT molecular complexity index is 879. The van der Waals surface area contributed by atoms with Crippen LogP contribution in [-0.2, 0) is 20.9 Å². The van der Waals surface area contributed by atoms with Gasteiger partial charge < -0.3 is 9.84 Å². The predicted molar refractivity (Wildman–Crippen MR) is 86.6 cm³/mol. The molecule has 2 aliphatic heterocycles. The topological polar surface area (TPSA) is 106 Å². The zero-order valence-electron chi connectivity index (χ0n) is 13.4. The molecule has 1 amide bonds. The monoisotopic (exact) mass is 358 g/mol. The zero-order valence-corrected chi connectivity index (χ0v) is 13.4. The average molecular weight is 358 g/mol. The summed E-state index contributed by atoms with van der Waals surface area (Å²) >= 11 is 0. The van der Waals surface area contributed by atoms with Gasteiger partial charge in [-0.3, -0.25) is 14.9 Å². The Morgan fingerprint density at radius 3 is 2.58 bits per heavy atom. The minimum Gasteiger partial charge on any atom is -0.481 e. The van der Waals surface area contributed by atoms with Gasteiger partial charge in [-0.15, -0.1) is 5.10 Å². The third-order valence-electron chi connectivity index (χ3n) is 4.52. The highest BCUT2D eigenvalue weighted by Gasteiger charge is 2.53. The number of benzene rings is 1. The fourth-order valence-electron chi connectivity index (χ4n) is 3.31. The van der Waals surface area contributed by atoms with E-state index in [2.05, 4.69) is 15.4 Å². The molecule has 26 heavy (non-hydrogen) atoms. The summed E-state index contributed by atoms with van der Waals surface area (Å²) in [4.78, 5) is 28.0. The Morgan fingerprint density at radius 1 is 1.19 bits per heavy atom. The Kier molecular flexibility index (Phi) is 4.00. The molecular weight excluding hydrogens is 343 g/mol. The number of aromatic nitrogens is 3. The standard InChI is InChI=1S/C17H15FN4O4/c18-10-3-1-9(2-4-10)7-22-8-19-17(21-22)20-15(23)13-11-5-6-12(26-11)14(13)16(24)25/h1-6,8,11-14H,7H2,(H,24,25)(H,20,21,23)/t11-,12-,13-,14-/m1/s1. The van der Waals surface area contributed by atoms with E-state index >= 15 is 0 Å². The molecule has 134 valence electrons. The van der Waals surface area contributed by atoms with Gasteiger partial charge in [0.2, 0.25) is 11.9 Å². The second-order valence-corrected chi connectivity index (χ2v) is 6.22. The summed E-state index contributed by atoms with van der Waals surface area (Å²) < 4.78 is 19.9. The van der Waals surface area contributed by atoms with Crippen LogP contribution in [0, 0.1) is 17.7 Å². The predicted octanol–water partition coefficient (Wildman–Crippen LogP) is 1.06. The summed E-state index contributed by atoms with van der Waals surface area (Å²) in [5, 5.41) is 16.0. The van der Waals surface area contributed by atoms with Crippen LogP contribution in [0.1, 0.15) is 5.56 Å². The van der Waals surface area contributed by atoms with E-state index in [1.807, 2.05) is 0 Å². The molecular formula is C17H15FN4O4. The van der Waals surface area contributed by atoms with Gasteiger partial charge in [-0.2, -0.15) is 0 Å². The maximum Gasteiger partial charge on any atom is 0.310 e. The van der Waals surface area contributed by atoms with Crippen molar-refractivity contribution >= 4 is 17.8 Å². The lowest BCUT2D eigenvalue weighted by molar-refractivity contribution is -0.145. The van der Waals surface area contributed by atoms with E-state index in [4.69, 9.17) is 4.74 Å². The SMILES string of the molecule is O=C(O)[C@H]1[C@H](C(=O)Nc2ncn(Cc3ccc(F)cc3)n2)[C@H]2C=C[C@H]1O2. The van der Waals surface area contributed by atoms with Gasteiger partial charge in [0, 0.05) is 0 Å². The van der Waals surface area contributed by atoms with Crippen molar-refractivity contribution < 1.29 is 23.8 Å². The number of hydrogen-bond acceptors (Lipinski definition) is 5. The van der Waals surface area contributed by atoms with Gasteiger partial charge in [-0.1, -0.05) is 24.3 Å². The quantitative estimate of drug-likeness (QED) is 0.774. The first-order chi connectivity index (χ1) is 12.5. The number of amides is 1. The van der Waals surface area contributed by atoms with Crippen LogP contribution >= 0.6 is 0 Å². The molecule has 1 aromatic heterocycles. The number of anilines is 1. The van der Waals surface area contributed by atoms with E-state index < -0.39 is 35.9 Å². The molecule has 2 aliphatic rings. The van der Waals surface area contributed by atoms with Gasteiger partial charge in [0.25, 0.3) is 0 Å². The van der Waals surface area contributed by atoms with Gasteiger partial charge in [0.05, 0.1) is 24.7 Å². The second kappa shape index (κ2) is 6.34. The highest BCUT2D eigenvalue weighted by molar-refractivity contribution is 5.95. The van der Waals surface area contributed by atoms with Crippen LogP contribution in [0.25, 0.3) is 0 Å². The van der Waals surface area contributed by atoms with Crippen LogP contribution in [-0.4, -0.2) is 44.0 Å². The number of fused-ring (bicyclic) bond motifs is 2. The molecule has 2 bridgehead atoms. The molecule has 4 atom stereocenters. The van der Waals surface area contributed by atoms with Gasteiger partial charge in [0.15, 0.2) is 0 Å². The molecule has 0 saturated carbocycles. The van der Waals surface area contributed by atoms with Crippen LogP contribution < -0.4 is 5.32 Å². The Morgan fingerprint density at radius 2 is 1.88 bits per heavy atom. The number of carboxylic acid groups (broad SMARTS) is 1. The maximum atomic E-state index is 12.9. The highest BCUT2D eigenvalue weighted by Crippen LogP contribution is 2.39. The number of nitrogens with one attached hydrogen (secondary N) is 1. The lowest BCUT2D eigenvalue weighted by Gasteiger charge is -2.19. The minimum absolute atomic E-state index is 0.0769. The Labute approximate surface area is 147 Å². The first-order valence-corrected chi connectivity index (χ1v) is 8.02. The van der Waals surface area contributed by atoms with Crippen molar-refractivity contribution in [3.63, 3.8) is 0 Å². The third kappa shape index (κ3) is 2.97. The van der Waals surface area contributed by atoms with Crippen LogP contribution in [0.15, 0.2) is 42.7 Å². The molecule has 2 aromatic rings. The number of rotatable bonds is 5. The van der Waals surface area contributed by atoms with Crippen molar-refractivity contribution in [3.8, 4) is 0 Å². The van der Waals surface area contributed by atoms with Crippen molar-refractivity contribution in [2.45, 2.75) is 18.8 Å². The number of nitrogens with zero attached hydrogens (tertiary/aromatic N) is 3. The van der Waals surface area contributed by atoms with E-state index in [0.717, 1.165) is 5.56 Å². The lowest BCUT2D eigenvalue weighted by atomic mass is 9.82. The van der Waals surface area contributed by atoms with E-state index in [1.54, 1.807) is 24.3 Å². The van der Waals surface area contributed by atoms with Crippen molar-refractivity contribution in [3.05, 3.63) is 54.1 Å². The number of aliphatic carboxylic acids is 1. The first kappa shape index (κ1) is 16.4. The minimum atomic E-state index is -1.07. The molecule has 1 saturated heterocycles. The van der Waals surface area contributed by atoms with Gasteiger partial charge in [-0.05, 0) is 17.7 Å². The van der Waals surface area contributed by atoms with E-state index in [0.29, 0.717) is 6.54 Å². The molecule has 2 N–H and O–H groups in total. The summed E-state index contributed by atoms with van der Waals surface area (Å²) in [7, 11) is 0. The summed E-state index contributed by atoms with van der Waals surface area (Å²) in [6, 6.07) is 5.96. The summed E-state index contributed by atoms with van der Waals surface area (Å²) in [6.45, 7) is 0.362. The fourth-order valence-corrected chi connectivity index (χ4v) is 3.31. The van der Waals surface area contributed by atoms with Crippen molar-refractivity contribution in [1.82, 2.24) is 14.8 Å². The fraction of sp³-hybridized carbons (Fsp3) is 0.294. The molecule has 3 heterocycles. The zero-order chi connectivity index (χ0) is 18.3. The van der Waals surface area contributed by atoms with E-state index in [1.165, 1.54) is 23.1 Å². The molecule has 0 unspecified atom stereocenters. The van der Waals surface area contributed by atoms with E-state index in [-0.39, 0.29) is 11.8 Å². The second-order valence-electron chi connectivity index (χ2n) is 6.22. The lowest BCUT2D eigenvalue weighted by Crippen LogP contribution is -2.39. The smallest absolute Gasteiger partial charge is 0.310 e. The molecule has 0 aliphatic carbocycles. The van der Waals surface area contributed by atoms with Crippen molar-refractivity contribution in [2.75, 3.05) is 5.32 Å². The number of carboxylic acids is 1. The Balaban J connectivity index is 1.44. The van der Waals surface area contributed by atoms with Gasteiger partial charge in [-0.25, -0.2) is 14.1 Å². The molecule has 9 heteroatoms. The first-order valence-electron chi connectivity index (χ1n) is 8.02. The summed E-state index contributed by atoms with van der Waals surface area (Å²) in [5.74, 6) is -3.56. The molecule has 1 aromatic carbocycles. The van der Waals surface area contributed by atoms with Crippen LogP contribution in [0.5, 0.6) is 0 Å². The molecule has 0 spiro atoms. The van der Waals surface area contributed by atoms with Crippen LogP contribution in [0.3, 0.4) is 0 Å². The normalized spacial score (nSPS) is 26.2. The summed E-state index contributed by atoms with van der Waals surface area (Å²) in [5.41, 5.74) is 0.826. The van der Waals surface area contributed by atoms with Gasteiger partial charge >= 0.3 is 5.97 Å². The number of carbonyl (C=O) groups is 2. The largest absolute Gasteiger partial charge is 0.481 e. The maximum absolute atomic E-state index is 12.9. The molecule has 8 nitrogen and oxygen atoms in total. The number of halogens is 1. The Hall–Kier alpha value is -3.07. The van der Waals surface area contributed by atoms with Crippen molar-refractivity contribution in [1.29, 1.82) is 0 Å². The summed E-state index contributed by atoms with van der Waals surface area (Å²) in [6.07, 6.45) is 3.67.